The fourth-order valence-corrected chi connectivity index (χ4v) is 2.50. The minimum absolute atomic E-state index is 0.298. The molecule has 0 atom stereocenters. The lowest BCUT2D eigenvalue weighted by molar-refractivity contribution is 0.108. The molecule has 1 aliphatic rings. The van der Waals surface area contributed by atoms with Gasteiger partial charge in [-0.2, -0.15) is 4.98 Å². The Hall–Kier alpha value is -1.36. The Morgan fingerprint density at radius 1 is 1.20 bits per heavy atom. The van der Waals surface area contributed by atoms with E-state index < -0.39 is 0 Å². The van der Waals surface area contributed by atoms with Gasteiger partial charge in [0.05, 0.1) is 0 Å². The number of nitrogens with zero attached hydrogens (tertiary/aromatic N) is 5. The Balaban J connectivity index is 2.02. The maximum atomic E-state index is 4.63. The number of aromatic nitrogens is 2. The fourth-order valence-electron chi connectivity index (χ4n) is 2.50. The zero-order chi connectivity index (χ0) is 14.8. The molecule has 5 nitrogen and oxygen atoms in total. The van der Waals surface area contributed by atoms with Crippen LogP contribution in [-0.2, 0) is 0 Å². The molecule has 0 bridgehead atoms. The summed E-state index contributed by atoms with van der Waals surface area (Å²) in [6.07, 6.45) is 3.03. The van der Waals surface area contributed by atoms with Gasteiger partial charge in [0.25, 0.3) is 0 Å². The fraction of sp³-hybridized carbons (Fsp3) is 0.733. The molecule has 20 heavy (non-hydrogen) atoms. The van der Waals surface area contributed by atoms with E-state index in [1.165, 1.54) is 6.42 Å². The monoisotopic (exact) mass is 277 g/mol. The molecular weight excluding hydrogens is 250 g/mol. The number of rotatable bonds is 4. The van der Waals surface area contributed by atoms with Crippen molar-refractivity contribution in [2.75, 3.05) is 50.1 Å². The first-order chi connectivity index (χ1) is 9.44. The summed E-state index contributed by atoms with van der Waals surface area (Å²) in [6, 6.07) is 2.01. The Kier molecular flexibility index (Phi) is 4.48. The van der Waals surface area contributed by atoms with Crippen molar-refractivity contribution in [3.63, 3.8) is 0 Å². The second-order valence-corrected chi connectivity index (χ2v) is 6.25. The van der Waals surface area contributed by atoms with Crippen LogP contribution in [0.1, 0.15) is 27.2 Å². The predicted octanol–water partition coefficient (Wildman–Crippen LogP) is 1.85. The zero-order valence-corrected chi connectivity index (χ0v) is 13.4. The van der Waals surface area contributed by atoms with Crippen molar-refractivity contribution in [1.29, 1.82) is 0 Å². The highest BCUT2D eigenvalue weighted by atomic mass is 15.3. The molecule has 0 spiro atoms. The van der Waals surface area contributed by atoms with Crippen LogP contribution in [0.3, 0.4) is 0 Å². The third kappa shape index (κ3) is 3.20. The maximum Gasteiger partial charge on any atom is 0.226 e. The van der Waals surface area contributed by atoms with Gasteiger partial charge in [0, 0.05) is 52.0 Å². The van der Waals surface area contributed by atoms with E-state index in [-0.39, 0.29) is 0 Å². The van der Waals surface area contributed by atoms with Crippen LogP contribution in [0, 0.1) is 0 Å². The van der Waals surface area contributed by atoms with Gasteiger partial charge < -0.3 is 9.80 Å². The van der Waals surface area contributed by atoms with Gasteiger partial charge >= 0.3 is 0 Å². The van der Waals surface area contributed by atoms with E-state index in [2.05, 4.69) is 40.5 Å². The molecule has 2 heterocycles. The van der Waals surface area contributed by atoms with Crippen molar-refractivity contribution < 1.29 is 0 Å². The first-order valence-corrected chi connectivity index (χ1v) is 7.44. The van der Waals surface area contributed by atoms with Gasteiger partial charge in [-0.05, 0) is 26.3 Å². The molecule has 1 aromatic rings. The molecule has 0 amide bonds. The first kappa shape index (κ1) is 15.0. The molecule has 1 saturated heterocycles. The van der Waals surface area contributed by atoms with E-state index >= 15 is 0 Å². The average Bonchev–Trinajstić information content (AvgIpc) is 2.47. The smallest absolute Gasteiger partial charge is 0.226 e. The molecule has 0 unspecified atom stereocenters. The highest BCUT2D eigenvalue weighted by molar-refractivity contribution is 5.43. The van der Waals surface area contributed by atoms with E-state index in [0.29, 0.717) is 5.54 Å². The van der Waals surface area contributed by atoms with Gasteiger partial charge in [0.15, 0.2) is 0 Å². The van der Waals surface area contributed by atoms with Gasteiger partial charge in [-0.1, -0.05) is 6.92 Å². The molecule has 1 fully saturated rings. The first-order valence-electron chi connectivity index (χ1n) is 7.44. The Labute approximate surface area is 122 Å². The van der Waals surface area contributed by atoms with Crippen molar-refractivity contribution in [2.45, 2.75) is 32.7 Å². The zero-order valence-electron chi connectivity index (χ0n) is 13.4. The highest BCUT2D eigenvalue weighted by Crippen LogP contribution is 2.22. The van der Waals surface area contributed by atoms with Crippen LogP contribution >= 0.6 is 0 Å². The maximum absolute atomic E-state index is 4.63. The average molecular weight is 277 g/mol. The van der Waals surface area contributed by atoms with Gasteiger partial charge in [-0.3, -0.25) is 4.90 Å². The second-order valence-electron chi connectivity index (χ2n) is 6.25. The molecule has 0 radical (unpaired) electrons. The summed E-state index contributed by atoms with van der Waals surface area (Å²) < 4.78 is 0. The van der Waals surface area contributed by atoms with E-state index in [1.807, 2.05) is 31.3 Å². The quantitative estimate of drug-likeness (QED) is 0.839. The molecule has 0 aliphatic carbocycles. The summed E-state index contributed by atoms with van der Waals surface area (Å²) >= 11 is 0. The molecular formula is C15H27N5. The molecule has 0 saturated carbocycles. The largest absolute Gasteiger partial charge is 0.354 e. The third-order valence-electron chi connectivity index (χ3n) is 4.35. The Morgan fingerprint density at radius 2 is 1.85 bits per heavy atom. The van der Waals surface area contributed by atoms with Crippen LogP contribution in [0.2, 0.25) is 0 Å². The predicted molar refractivity (Wildman–Crippen MR) is 84.5 cm³/mol. The van der Waals surface area contributed by atoms with Crippen molar-refractivity contribution in [3.8, 4) is 0 Å². The summed E-state index contributed by atoms with van der Waals surface area (Å²) in [6.45, 7) is 11.2. The number of anilines is 2. The Morgan fingerprint density at radius 3 is 2.40 bits per heavy atom. The van der Waals surface area contributed by atoms with E-state index in [9.17, 15) is 0 Å². The van der Waals surface area contributed by atoms with Crippen LogP contribution in [0.15, 0.2) is 12.3 Å². The standard InChI is InChI=1S/C15H27N5/c1-6-15(2,3)20-11-9-19(10-12-20)13-7-8-16-14(17-13)18(4)5/h7-8H,6,9-12H2,1-5H3. The minimum Gasteiger partial charge on any atom is -0.354 e. The molecule has 1 aliphatic heterocycles. The summed E-state index contributed by atoms with van der Waals surface area (Å²) in [7, 11) is 3.95. The molecule has 112 valence electrons. The number of hydrogen-bond acceptors (Lipinski definition) is 5. The van der Waals surface area contributed by atoms with E-state index in [4.69, 9.17) is 0 Å². The van der Waals surface area contributed by atoms with Crippen LogP contribution < -0.4 is 9.80 Å². The second kappa shape index (κ2) is 5.95. The van der Waals surface area contributed by atoms with Gasteiger partial charge in [-0.15, -0.1) is 0 Å². The van der Waals surface area contributed by atoms with Crippen LogP contribution in [-0.4, -0.2) is 60.7 Å². The molecule has 0 aromatic carbocycles. The van der Waals surface area contributed by atoms with Crippen LogP contribution in [0.25, 0.3) is 0 Å². The molecule has 5 heteroatoms. The summed E-state index contributed by atoms with van der Waals surface area (Å²) in [4.78, 5) is 15.8. The van der Waals surface area contributed by atoms with Gasteiger partial charge in [0.1, 0.15) is 5.82 Å². The lowest BCUT2D eigenvalue weighted by Crippen LogP contribution is -2.54. The van der Waals surface area contributed by atoms with Gasteiger partial charge in [0.2, 0.25) is 5.95 Å². The van der Waals surface area contributed by atoms with Gasteiger partial charge in [-0.25, -0.2) is 4.98 Å². The lowest BCUT2D eigenvalue weighted by atomic mass is 9.98. The Bertz CT molecular complexity index is 436. The number of hydrogen-bond donors (Lipinski definition) is 0. The molecule has 1 aromatic heterocycles. The van der Waals surface area contributed by atoms with Crippen molar-refractivity contribution in [3.05, 3.63) is 12.3 Å². The third-order valence-corrected chi connectivity index (χ3v) is 4.35. The number of piperazine rings is 1. The summed E-state index contributed by atoms with van der Waals surface area (Å²) in [5.41, 5.74) is 0.298. The van der Waals surface area contributed by atoms with Crippen molar-refractivity contribution >= 4 is 11.8 Å². The minimum atomic E-state index is 0.298. The van der Waals surface area contributed by atoms with E-state index in [0.717, 1.165) is 37.9 Å². The molecule has 0 N–H and O–H groups in total. The lowest BCUT2D eigenvalue weighted by Gasteiger charge is -2.44. The topological polar surface area (TPSA) is 35.5 Å². The normalized spacial score (nSPS) is 17.4. The highest BCUT2D eigenvalue weighted by Gasteiger charge is 2.28. The summed E-state index contributed by atoms with van der Waals surface area (Å²) in [5.74, 6) is 1.82. The van der Waals surface area contributed by atoms with E-state index in [1.54, 1.807) is 0 Å². The van der Waals surface area contributed by atoms with Crippen molar-refractivity contribution in [1.82, 2.24) is 14.9 Å². The van der Waals surface area contributed by atoms with Crippen LogP contribution in [0.5, 0.6) is 0 Å². The SMILES string of the molecule is CCC(C)(C)N1CCN(c2ccnc(N(C)C)n2)CC1. The van der Waals surface area contributed by atoms with Crippen molar-refractivity contribution in [2.24, 2.45) is 0 Å². The summed E-state index contributed by atoms with van der Waals surface area (Å²) in [5, 5.41) is 0. The van der Waals surface area contributed by atoms with Crippen LogP contribution in [0.4, 0.5) is 11.8 Å². The molecule has 2 rings (SSSR count).